The monoisotopic (exact) mass is 311 g/mol. The number of ether oxygens (including phenoxy) is 1. The largest absolute Gasteiger partial charge is 0.477 e. The molecule has 21 heavy (non-hydrogen) atoms. The van der Waals surface area contributed by atoms with Crippen LogP contribution in [0.5, 0.6) is 0 Å². The van der Waals surface area contributed by atoms with Gasteiger partial charge >= 0.3 is 11.8 Å². The fourth-order valence-corrected chi connectivity index (χ4v) is 2.12. The van der Waals surface area contributed by atoms with Gasteiger partial charge in [0.15, 0.2) is 6.17 Å². The normalized spacial score (nSPS) is 37.8. The van der Waals surface area contributed by atoms with Gasteiger partial charge < -0.3 is 35.6 Å². The average molecular weight is 311 g/mol. The fourth-order valence-electron chi connectivity index (χ4n) is 2.12. The zero-order valence-corrected chi connectivity index (χ0v) is 11.1. The molecule has 0 spiro atoms. The molecule has 1 aliphatic rings. The minimum Gasteiger partial charge on any atom is -0.477 e. The lowest BCUT2D eigenvalue weighted by molar-refractivity contribution is -0.307. The Morgan fingerprint density at radius 3 is 2.48 bits per heavy atom. The number of carboxylic acid groups (broad SMARTS) is 1. The van der Waals surface area contributed by atoms with E-state index in [4.69, 9.17) is 14.9 Å². The molecule has 122 valence electrons. The Morgan fingerprint density at radius 1 is 1.48 bits per heavy atom. The smallest absolute Gasteiger partial charge is 0.367 e. The van der Waals surface area contributed by atoms with Gasteiger partial charge in [-0.1, -0.05) is 0 Å². The van der Waals surface area contributed by atoms with Crippen LogP contribution in [0.15, 0.2) is 0 Å². The molecule has 10 heteroatoms. The second kappa shape index (κ2) is 6.62. The van der Waals surface area contributed by atoms with E-state index >= 15 is 0 Å². The summed E-state index contributed by atoms with van der Waals surface area (Å²) in [5, 5.41) is 48.6. The summed E-state index contributed by atoms with van der Waals surface area (Å²) in [6.07, 6.45) is -8.00. The van der Waals surface area contributed by atoms with Crippen LogP contribution < -0.4 is 5.32 Å². The molecule has 1 heterocycles. The first kappa shape index (κ1) is 17.7. The van der Waals surface area contributed by atoms with E-state index in [2.05, 4.69) is 5.32 Å². The van der Waals surface area contributed by atoms with Gasteiger partial charge in [-0.05, 0) is 0 Å². The Kier molecular flexibility index (Phi) is 5.59. The number of hydrogen-bond donors (Lipinski definition) is 6. The third-order valence-electron chi connectivity index (χ3n) is 3.16. The summed E-state index contributed by atoms with van der Waals surface area (Å²) in [6.45, 7) is 0.380. The number of hydrogen-bond acceptors (Lipinski definition) is 7. The van der Waals surface area contributed by atoms with Crippen molar-refractivity contribution in [3.8, 4) is 0 Å². The average Bonchev–Trinajstić information content (AvgIpc) is 2.40. The number of carboxylic acids is 1. The van der Waals surface area contributed by atoms with Crippen molar-refractivity contribution in [2.75, 3.05) is 6.61 Å². The van der Waals surface area contributed by atoms with Crippen LogP contribution in [-0.2, 0) is 14.3 Å². The molecule has 1 saturated heterocycles. The Morgan fingerprint density at radius 2 is 2.05 bits per heavy atom. The first-order valence-electron chi connectivity index (χ1n) is 6.15. The van der Waals surface area contributed by atoms with Crippen molar-refractivity contribution in [1.82, 2.24) is 5.32 Å². The molecule has 0 aromatic heterocycles. The molecular formula is C11H18FNO8. The van der Waals surface area contributed by atoms with Gasteiger partial charge in [0.2, 0.25) is 5.91 Å². The number of alkyl halides is 1. The van der Waals surface area contributed by atoms with Gasteiger partial charge in [0, 0.05) is 13.3 Å². The molecule has 1 fully saturated rings. The standard InChI is InChI=1S/C11H18FNO8/c1-4(15)13-7-6(2-5(16)3-14)21-11(20,10(18)19)9(12)8(7)17/h5-9,14,16-17,20H,2-3H2,1H3,(H,13,15)(H,18,19)/t5-,6-,7-,8+,9?,11?/m0/s1. The van der Waals surface area contributed by atoms with Crippen molar-refractivity contribution in [3.05, 3.63) is 0 Å². The molecule has 9 nitrogen and oxygen atoms in total. The van der Waals surface area contributed by atoms with Crippen molar-refractivity contribution in [2.45, 2.75) is 49.7 Å². The van der Waals surface area contributed by atoms with Crippen LogP contribution in [0.2, 0.25) is 0 Å². The second-order valence-corrected chi connectivity index (χ2v) is 4.85. The first-order chi connectivity index (χ1) is 9.63. The molecule has 1 amide bonds. The van der Waals surface area contributed by atoms with Crippen LogP contribution in [-0.4, -0.2) is 80.3 Å². The number of amides is 1. The highest BCUT2D eigenvalue weighted by molar-refractivity contribution is 5.77. The Balaban J connectivity index is 3.06. The molecule has 0 aliphatic carbocycles. The number of halogens is 1. The maximum absolute atomic E-state index is 13.9. The number of aliphatic carboxylic acids is 1. The highest BCUT2D eigenvalue weighted by atomic mass is 19.1. The van der Waals surface area contributed by atoms with E-state index < -0.39 is 61.2 Å². The molecule has 1 rings (SSSR count). The van der Waals surface area contributed by atoms with Gasteiger partial charge in [-0.3, -0.25) is 4.79 Å². The van der Waals surface area contributed by atoms with Gasteiger partial charge in [0.25, 0.3) is 0 Å². The second-order valence-electron chi connectivity index (χ2n) is 4.85. The minimum atomic E-state index is -3.31. The van der Waals surface area contributed by atoms with E-state index in [0.29, 0.717) is 0 Å². The van der Waals surface area contributed by atoms with Crippen molar-refractivity contribution in [1.29, 1.82) is 0 Å². The molecule has 6 N–H and O–H groups in total. The van der Waals surface area contributed by atoms with Crippen LogP contribution in [0.1, 0.15) is 13.3 Å². The van der Waals surface area contributed by atoms with Crippen molar-refractivity contribution < 1.29 is 44.2 Å². The van der Waals surface area contributed by atoms with Crippen LogP contribution >= 0.6 is 0 Å². The Hall–Kier alpha value is -1.33. The molecule has 0 bridgehead atoms. The van der Waals surface area contributed by atoms with Crippen LogP contribution in [0.3, 0.4) is 0 Å². The zero-order valence-electron chi connectivity index (χ0n) is 11.1. The number of aliphatic hydroxyl groups is 4. The molecule has 0 aromatic carbocycles. The van der Waals surface area contributed by atoms with Crippen LogP contribution in [0, 0.1) is 0 Å². The van der Waals surface area contributed by atoms with E-state index in [1.165, 1.54) is 0 Å². The summed E-state index contributed by atoms with van der Waals surface area (Å²) < 4.78 is 18.6. The number of carbonyl (C=O) groups is 2. The van der Waals surface area contributed by atoms with Crippen molar-refractivity contribution >= 4 is 11.9 Å². The predicted molar refractivity (Wildman–Crippen MR) is 63.7 cm³/mol. The number of carbonyl (C=O) groups excluding carboxylic acids is 1. The molecule has 6 atom stereocenters. The minimum absolute atomic E-state index is 0.430. The third kappa shape index (κ3) is 3.66. The van der Waals surface area contributed by atoms with Crippen LogP contribution in [0.25, 0.3) is 0 Å². The Labute approximate surface area is 119 Å². The molecule has 0 aromatic rings. The highest BCUT2D eigenvalue weighted by Gasteiger charge is 2.59. The summed E-state index contributed by atoms with van der Waals surface area (Å²) in [6, 6.07) is -1.39. The number of aliphatic hydroxyl groups excluding tert-OH is 3. The molecular weight excluding hydrogens is 293 g/mol. The van der Waals surface area contributed by atoms with E-state index in [-0.39, 0.29) is 0 Å². The maximum Gasteiger partial charge on any atom is 0.367 e. The van der Waals surface area contributed by atoms with Crippen molar-refractivity contribution in [2.24, 2.45) is 0 Å². The highest BCUT2D eigenvalue weighted by Crippen LogP contribution is 2.32. The molecule has 0 saturated carbocycles. The molecule has 2 unspecified atom stereocenters. The van der Waals surface area contributed by atoms with E-state index in [9.17, 15) is 29.3 Å². The van der Waals surface area contributed by atoms with E-state index in [1.807, 2.05) is 0 Å². The molecule has 1 aliphatic heterocycles. The third-order valence-corrected chi connectivity index (χ3v) is 3.16. The number of nitrogens with one attached hydrogen (secondary N) is 1. The zero-order chi connectivity index (χ0) is 16.4. The van der Waals surface area contributed by atoms with E-state index in [0.717, 1.165) is 6.92 Å². The lowest BCUT2D eigenvalue weighted by Gasteiger charge is -2.44. The summed E-state index contributed by atoms with van der Waals surface area (Å²) in [5.41, 5.74) is 0. The van der Waals surface area contributed by atoms with Gasteiger partial charge in [0.1, 0.15) is 6.10 Å². The topological polar surface area (TPSA) is 157 Å². The SMILES string of the molecule is CC(=O)N[C@H]1[C@H](C[C@H](O)CO)OC(O)(C(=O)O)C(F)[C@@H]1O. The maximum atomic E-state index is 13.9. The molecule has 0 radical (unpaired) electrons. The van der Waals surface area contributed by atoms with E-state index in [1.54, 1.807) is 0 Å². The quantitative estimate of drug-likeness (QED) is 0.316. The predicted octanol–water partition coefficient (Wildman–Crippen LogP) is -2.89. The van der Waals surface area contributed by atoms with Gasteiger partial charge in [0.05, 0.1) is 24.9 Å². The lowest BCUT2D eigenvalue weighted by Crippen LogP contribution is -2.69. The fraction of sp³-hybridized carbons (Fsp3) is 0.818. The Bertz CT molecular complexity index is 408. The summed E-state index contributed by atoms with van der Waals surface area (Å²) >= 11 is 0. The lowest BCUT2D eigenvalue weighted by atomic mass is 9.88. The van der Waals surface area contributed by atoms with Gasteiger partial charge in [-0.2, -0.15) is 0 Å². The summed E-state index contributed by atoms with van der Waals surface area (Å²) in [4.78, 5) is 22.0. The van der Waals surface area contributed by atoms with Gasteiger partial charge in [-0.15, -0.1) is 0 Å². The number of rotatable bonds is 5. The van der Waals surface area contributed by atoms with Crippen molar-refractivity contribution in [3.63, 3.8) is 0 Å². The first-order valence-corrected chi connectivity index (χ1v) is 6.15. The summed E-state index contributed by atoms with van der Waals surface area (Å²) in [5.74, 6) is -6.02. The summed E-state index contributed by atoms with van der Waals surface area (Å²) in [7, 11) is 0. The van der Waals surface area contributed by atoms with Crippen LogP contribution in [0.4, 0.5) is 4.39 Å². The van der Waals surface area contributed by atoms with Gasteiger partial charge in [-0.25, -0.2) is 9.18 Å².